The maximum Gasteiger partial charge on any atom is 0.269 e. The molecule has 1 aromatic carbocycles. The lowest BCUT2D eigenvalue weighted by Crippen LogP contribution is -2.11. The quantitative estimate of drug-likeness (QED) is 0.465. The van der Waals surface area contributed by atoms with Gasteiger partial charge in [0.15, 0.2) is 0 Å². The number of benzene rings is 1. The molecule has 17 heavy (non-hydrogen) atoms. The maximum atomic E-state index is 10.6. The van der Waals surface area contributed by atoms with Crippen LogP contribution in [0.3, 0.4) is 0 Å². The van der Waals surface area contributed by atoms with E-state index < -0.39 is 4.92 Å². The minimum atomic E-state index is -0.407. The molecule has 4 N–H and O–H groups in total. The third kappa shape index (κ3) is 5.12. The van der Waals surface area contributed by atoms with E-state index in [0.717, 1.165) is 24.8 Å². The predicted molar refractivity (Wildman–Crippen MR) is 70.2 cm³/mol. The van der Waals surface area contributed by atoms with Crippen LogP contribution in [0.4, 0.5) is 5.69 Å². The Labute approximate surface area is 107 Å². The van der Waals surface area contributed by atoms with E-state index in [2.05, 4.69) is 0 Å². The number of halogens is 1. The zero-order valence-corrected chi connectivity index (χ0v) is 10.4. The summed E-state index contributed by atoms with van der Waals surface area (Å²) >= 11 is 0. The van der Waals surface area contributed by atoms with Crippen molar-refractivity contribution in [3.05, 3.63) is 39.9 Å². The van der Waals surface area contributed by atoms with Gasteiger partial charge < -0.3 is 11.5 Å². The normalized spacial score (nSPS) is 11.6. The Bertz CT molecular complexity index is 360. The van der Waals surface area contributed by atoms with Crippen LogP contribution in [0, 0.1) is 10.1 Å². The van der Waals surface area contributed by atoms with Crippen LogP contribution < -0.4 is 11.5 Å². The third-order valence-corrected chi connectivity index (χ3v) is 2.48. The molecule has 0 fully saturated rings. The summed E-state index contributed by atoms with van der Waals surface area (Å²) in [6.07, 6.45) is 2.68. The molecule has 1 aromatic rings. The van der Waals surface area contributed by atoms with Gasteiger partial charge in [-0.15, -0.1) is 12.4 Å². The van der Waals surface area contributed by atoms with Crippen molar-refractivity contribution in [3.8, 4) is 0 Å². The Morgan fingerprint density at radius 3 is 2.65 bits per heavy atom. The molecule has 5 nitrogen and oxygen atoms in total. The van der Waals surface area contributed by atoms with E-state index >= 15 is 0 Å². The van der Waals surface area contributed by atoms with Crippen molar-refractivity contribution in [1.82, 2.24) is 0 Å². The lowest BCUT2D eigenvalue weighted by Gasteiger charge is -2.11. The molecule has 1 rings (SSSR count). The number of unbranched alkanes of at least 4 members (excludes halogenated alkanes) is 1. The molecule has 0 saturated heterocycles. The summed E-state index contributed by atoms with van der Waals surface area (Å²) in [4.78, 5) is 10.2. The predicted octanol–water partition coefficient (Wildman–Crippen LogP) is 2.15. The summed E-state index contributed by atoms with van der Waals surface area (Å²) in [5.74, 6) is 0. The second-order valence-corrected chi connectivity index (χ2v) is 3.74. The van der Waals surface area contributed by atoms with Crippen LogP contribution in [0.25, 0.3) is 0 Å². The van der Waals surface area contributed by atoms with Gasteiger partial charge in [-0.25, -0.2) is 0 Å². The fourth-order valence-corrected chi connectivity index (χ4v) is 1.54. The highest BCUT2D eigenvalue weighted by Gasteiger charge is 2.10. The molecule has 0 radical (unpaired) electrons. The minimum Gasteiger partial charge on any atom is -0.330 e. The van der Waals surface area contributed by atoms with E-state index in [1.165, 1.54) is 12.1 Å². The van der Waals surface area contributed by atoms with Gasteiger partial charge in [0.05, 0.1) is 4.92 Å². The number of non-ortho nitro benzene ring substituents is 1. The number of nitro groups is 1. The molecule has 0 aliphatic heterocycles. The van der Waals surface area contributed by atoms with Crippen LogP contribution >= 0.6 is 12.4 Å². The van der Waals surface area contributed by atoms with Crippen molar-refractivity contribution in [2.45, 2.75) is 25.3 Å². The molecule has 6 heteroatoms. The van der Waals surface area contributed by atoms with Crippen molar-refractivity contribution >= 4 is 18.1 Å². The molecular weight excluding hydrogens is 242 g/mol. The first kappa shape index (κ1) is 15.8. The lowest BCUT2D eigenvalue weighted by atomic mass is 10.0. The Balaban J connectivity index is 0.00000256. The number of rotatable bonds is 6. The topological polar surface area (TPSA) is 95.2 Å². The average Bonchev–Trinajstić information content (AvgIpc) is 2.29. The first-order chi connectivity index (χ1) is 7.65. The lowest BCUT2D eigenvalue weighted by molar-refractivity contribution is -0.384. The van der Waals surface area contributed by atoms with E-state index in [1.807, 2.05) is 6.07 Å². The van der Waals surface area contributed by atoms with Gasteiger partial charge in [-0.05, 0) is 24.9 Å². The van der Waals surface area contributed by atoms with Gasteiger partial charge in [0.25, 0.3) is 5.69 Å². The van der Waals surface area contributed by atoms with Gasteiger partial charge in [-0.3, -0.25) is 10.1 Å². The Morgan fingerprint density at radius 1 is 1.35 bits per heavy atom. The highest BCUT2D eigenvalue weighted by Crippen LogP contribution is 2.21. The molecule has 0 saturated carbocycles. The largest absolute Gasteiger partial charge is 0.330 e. The summed E-state index contributed by atoms with van der Waals surface area (Å²) in [7, 11) is 0. The Hall–Kier alpha value is -1.17. The highest BCUT2D eigenvalue weighted by atomic mass is 35.5. The number of hydrogen-bond donors (Lipinski definition) is 2. The van der Waals surface area contributed by atoms with Gasteiger partial charge in [0, 0.05) is 18.2 Å². The summed E-state index contributed by atoms with van der Waals surface area (Å²) < 4.78 is 0. The fraction of sp³-hybridized carbons (Fsp3) is 0.455. The van der Waals surface area contributed by atoms with Crippen LogP contribution in [0.2, 0.25) is 0 Å². The molecule has 0 unspecified atom stereocenters. The molecule has 1 atom stereocenters. The summed E-state index contributed by atoms with van der Waals surface area (Å²) in [5.41, 5.74) is 12.2. The third-order valence-electron chi connectivity index (χ3n) is 2.48. The fourth-order valence-electron chi connectivity index (χ4n) is 1.54. The molecule has 0 amide bonds. The summed E-state index contributed by atoms with van der Waals surface area (Å²) in [6.45, 7) is 0.654. The number of nitro benzene ring substituents is 1. The molecule has 0 aromatic heterocycles. The first-order valence-electron chi connectivity index (χ1n) is 5.35. The molecular formula is C11H18ClN3O2. The average molecular weight is 260 g/mol. The van der Waals surface area contributed by atoms with Gasteiger partial charge in [0.1, 0.15) is 0 Å². The van der Waals surface area contributed by atoms with E-state index in [1.54, 1.807) is 6.07 Å². The van der Waals surface area contributed by atoms with Crippen molar-refractivity contribution < 1.29 is 4.92 Å². The van der Waals surface area contributed by atoms with Crippen LogP contribution in [0.15, 0.2) is 24.3 Å². The van der Waals surface area contributed by atoms with Gasteiger partial charge >= 0.3 is 0 Å². The molecule has 0 heterocycles. The standard InChI is InChI=1S/C11H17N3O2.ClH/c12-7-2-1-6-11(13)9-4-3-5-10(8-9)14(15)16;/h3-5,8,11H,1-2,6-7,12-13H2;1H/t11-;/m0./s1. The smallest absolute Gasteiger partial charge is 0.269 e. The number of nitrogens with zero attached hydrogens (tertiary/aromatic N) is 1. The molecule has 96 valence electrons. The summed E-state index contributed by atoms with van der Waals surface area (Å²) in [6, 6.07) is 6.34. The van der Waals surface area contributed by atoms with E-state index in [-0.39, 0.29) is 24.1 Å². The minimum absolute atomic E-state index is 0. The zero-order chi connectivity index (χ0) is 12.0. The molecule has 0 aliphatic carbocycles. The van der Waals surface area contributed by atoms with Crippen LogP contribution in [-0.4, -0.2) is 11.5 Å². The van der Waals surface area contributed by atoms with Crippen molar-refractivity contribution in [1.29, 1.82) is 0 Å². The first-order valence-corrected chi connectivity index (χ1v) is 5.35. The highest BCUT2D eigenvalue weighted by molar-refractivity contribution is 5.85. The van der Waals surface area contributed by atoms with Gasteiger partial charge in [-0.2, -0.15) is 0 Å². The van der Waals surface area contributed by atoms with E-state index in [9.17, 15) is 10.1 Å². The van der Waals surface area contributed by atoms with Gasteiger partial charge in [-0.1, -0.05) is 18.6 Å². The van der Waals surface area contributed by atoms with E-state index in [0.29, 0.717) is 6.54 Å². The summed E-state index contributed by atoms with van der Waals surface area (Å²) in [5, 5.41) is 10.6. The Kier molecular flexibility index (Phi) is 7.45. The van der Waals surface area contributed by atoms with Crippen molar-refractivity contribution in [2.75, 3.05) is 6.54 Å². The molecule has 0 spiro atoms. The van der Waals surface area contributed by atoms with E-state index in [4.69, 9.17) is 11.5 Å². The maximum absolute atomic E-state index is 10.6. The van der Waals surface area contributed by atoms with Gasteiger partial charge in [0.2, 0.25) is 0 Å². The Morgan fingerprint density at radius 2 is 2.06 bits per heavy atom. The number of nitrogens with two attached hydrogens (primary N) is 2. The second-order valence-electron chi connectivity index (χ2n) is 3.74. The molecule has 0 bridgehead atoms. The van der Waals surface area contributed by atoms with Crippen LogP contribution in [0.5, 0.6) is 0 Å². The van der Waals surface area contributed by atoms with Crippen molar-refractivity contribution in [2.24, 2.45) is 11.5 Å². The SMILES string of the molecule is Cl.NCCCC[C@H](N)c1cccc([N+](=O)[O-])c1. The number of hydrogen-bond acceptors (Lipinski definition) is 4. The van der Waals surface area contributed by atoms with Crippen LogP contribution in [-0.2, 0) is 0 Å². The second kappa shape index (κ2) is 8.00. The van der Waals surface area contributed by atoms with Crippen LogP contribution in [0.1, 0.15) is 30.9 Å². The zero-order valence-electron chi connectivity index (χ0n) is 9.54. The molecule has 0 aliphatic rings. The monoisotopic (exact) mass is 259 g/mol. The van der Waals surface area contributed by atoms with Crippen molar-refractivity contribution in [3.63, 3.8) is 0 Å².